The summed E-state index contributed by atoms with van der Waals surface area (Å²) in [6.45, 7) is 4.07. The van der Waals surface area contributed by atoms with Gasteiger partial charge in [-0.15, -0.1) is 10.2 Å². The van der Waals surface area contributed by atoms with E-state index in [2.05, 4.69) is 16.3 Å². The van der Waals surface area contributed by atoms with E-state index in [1.165, 1.54) is 29.5 Å². The molecule has 6 heteroatoms. The maximum atomic E-state index is 12.8. The van der Waals surface area contributed by atoms with Crippen LogP contribution in [0, 0.1) is 13.8 Å². The number of alkyl halides is 3. The standard InChI is InChI=1S/C20H17F3N2S/c1-13-6-7-17(14(2)10-13)18-8-9-19(25-24-18)26-12-15-4-3-5-16(11-15)20(21,22)23/h3-11H,12H2,1-2H3. The van der Waals surface area contributed by atoms with E-state index in [9.17, 15) is 13.2 Å². The zero-order valence-electron chi connectivity index (χ0n) is 14.3. The van der Waals surface area contributed by atoms with Crippen molar-refractivity contribution in [3.63, 3.8) is 0 Å². The first kappa shape index (κ1) is 18.5. The Hall–Kier alpha value is -2.34. The van der Waals surface area contributed by atoms with E-state index in [-0.39, 0.29) is 0 Å². The van der Waals surface area contributed by atoms with Crippen molar-refractivity contribution in [2.24, 2.45) is 0 Å². The molecule has 0 unspecified atom stereocenters. The number of benzene rings is 2. The highest BCUT2D eigenvalue weighted by atomic mass is 32.2. The summed E-state index contributed by atoms with van der Waals surface area (Å²) in [7, 11) is 0. The molecule has 0 spiro atoms. The van der Waals surface area contributed by atoms with Crippen molar-refractivity contribution in [3.05, 3.63) is 76.9 Å². The van der Waals surface area contributed by atoms with E-state index in [0.717, 1.165) is 22.9 Å². The van der Waals surface area contributed by atoms with Crippen LogP contribution in [0.15, 0.2) is 59.6 Å². The predicted molar refractivity (Wildman–Crippen MR) is 97.9 cm³/mol. The summed E-state index contributed by atoms with van der Waals surface area (Å²) in [5, 5.41) is 9.13. The minimum Gasteiger partial charge on any atom is -0.166 e. The molecule has 0 aliphatic heterocycles. The van der Waals surface area contributed by atoms with Crippen LogP contribution in [0.2, 0.25) is 0 Å². The Morgan fingerprint density at radius 1 is 0.923 bits per heavy atom. The molecule has 1 aromatic heterocycles. The molecule has 0 radical (unpaired) electrons. The second-order valence-corrected chi connectivity index (χ2v) is 7.06. The van der Waals surface area contributed by atoms with Crippen molar-refractivity contribution in [3.8, 4) is 11.3 Å². The quantitative estimate of drug-likeness (QED) is 0.518. The molecule has 2 nitrogen and oxygen atoms in total. The van der Waals surface area contributed by atoms with Crippen LogP contribution < -0.4 is 0 Å². The molecule has 0 saturated carbocycles. The molecule has 134 valence electrons. The normalized spacial score (nSPS) is 11.6. The van der Waals surface area contributed by atoms with E-state index in [1.807, 2.05) is 38.1 Å². The Labute approximate surface area is 154 Å². The molecule has 0 aliphatic carbocycles. The van der Waals surface area contributed by atoms with Gasteiger partial charge in [-0.3, -0.25) is 0 Å². The second-order valence-electron chi connectivity index (χ2n) is 6.06. The summed E-state index contributed by atoms with van der Waals surface area (Å²) in [6.07, 6.45) is -4.33. The van der Waals surface area contributed by atoms with Gasteiger partial charge in [-0.05, 0) is 43.2 Å². The van der Waals surface area contributed by atoms with E-state index in [1.54, 1.807) is 6.07 Å². The van der Waals surface area contributed by atoms with Crippen molar-refractivity contribution in [2.45, 2.75) is 30.8 Å². The molecule has 0 amide bonds. The lowest BCUT2D eigenvalue weighted by atomic mass is 10.0. The number of aryl methyl sites for hydroxylation is 2. The fourth-order valence-electron chi connectivity index (χ4n) is 2.64. The summed E-state index contributed by atoms with van der Waals surface area (Å²) >= 11 is 1.36. The van der Waals surface area contributed by atoms with Gasteiger partial charge in [0.1, 0.15) is 5.03 Å². The van der Waals surface area contributed by atoms with Crippen LogP contribution in [0.4, 0.5) is 13.2 Å². The SMILES string of the molecule is Cc1ccc(-c2ccc(SCc3cccc(C(F)(F)F)c3)nn2)c(C)c1. The third-order valence-electron chi connectivity index (χ3n) is 3.94. The van der Waals surface area contributed by atoms with Gasteiger partial charge in [0, 0.05) is 11.3 Å². The van der Waals surface area contributed by atoms with Gasteiger partial charge in [0.2, 0.25) is 0 Å². The van der Waals surface area contributed by atoms with Crippen molar-refractivity contribution in [1.29, 1.82) is 0 Å². The second kappa shape index (κ2) is 7.50. The summed E-state index contributed by atoms with van der Waals surface area (Å²) in [5.41, 5.74) is 4.09. The number of thioether (sulfide) groups is 1. The lowest BCUT2D eigenvalue weighted by molar-refractivity contribution is -0.137. The summed E-state index contributed by atoms with van der Waals surface area (Å²) in [4.78, 5) is 0. The highest BCUT2D eigenvalue weighted by Crippen LogP contribution is 2.31. The smallest absolute Gasteiger partial charge is 0.166 e. The number of hydrogen-bond donors (Lipinski definition) is 0. The molecule has 0 aliphatic rings. The molecule has 0 bridgehead atoms. The molecule has 0 N–H and O–H groups in total. The summed E-state index contributed by atoms with van der Waals surface area (Å²) < 4.78 is 38.3. The number of halogens is 3. The summed E-state index contributed by atoms with van der Waals surface area (Å²) in [6, 6.07) is 15.2. The number of hydrogen-bond acceptors (Lipinski definition) is 3. The van der Waals surface area contributed by atoms with Gasteiger partial charge in [-0.25, -0.2) is 0 Å². The van der Waals surface area contributed by atoms with E-state index in [0.29, 0.717) is 16.3 Å². The molecule has 0 saturated heterocycles. The van der Waals surface area contributed by atoms with Crippen LogP contribution >= 0.6 is 11.8 Å². The monoisotopic (exact) mass is 374 g/mol. The summed E-state index contributed by atoms with van der Waals surface area (Å²) in [5.74, 6) is 0.404. The average Bonchev–Trinajstić information content (AvgIpc) is 2.60. The number of aromatic nitrogens is 2. The van der Waals surface area contributed by atoms with Gasteiger partial charge in [0.05, 0.1) is 11.3 Å². The van der Waals surface area contributed by atoms with E-state index < -0.39 is 11.7 Å². The van der Waals surface area contributed by atoms with Gasteiger partial charge in [-0.1, -0.05) is 53.7 Å². The Morgan fingerprint density at radius 2 is 1.73 bits per heavy atom. The van der Waals surface area contributed by atoms with Crippen LogP contribution in [0.3, 0.4) is 0 Å². The van der Waals surface area contributed by atoms with Crippen LogP contribution in [-0.4, -0.2) is 10.2 Å². The van der Waals surface area contributed by atoms with Crippen LogP contribution in [0.1, 0.15) is 22.3 Å². The lowest BCUT2D eigenvalue weighted by Crippen LogP contribution is -2.04. The van der Waals surface area contributed by atoms with Crippen molar-refractivity contribution in [1.82, 2.24) is 10.2 Å². The van der Waals surface area contributed by atoms with Crippen LogP contribution in [0.5, 0.6) is 0 Å². The highest BCUT2D eigenvalue weighted by molar-refractivity contribution is 7.98. The van der Waals surface area contributed by atoms with Crippen LogP contribution in [-0.2, 0) is 11.9 Å². The van der Waals surface area contributed by atoms with E-state index >= 15 is 0 Å². The highest BCUT2D eigenvalue weighted by Gasteiger charge is 2.30. The fourth-order valence-corrected chi connectivity index (χ4v) is 3.39. The molecule has 1 heterocycles. The molecular weight excluding hydrogens is 357 g/mol. The zero-order valence-corrected chi connectivity index (χ0v) is 15.2. The Morgan fingerprint density at radius 3 is 2.38 bits per heavy atom. The average molecular weight is 374 g/mol. The number of rotatable bonds is 4. The fraction of sp³-hybridized carbons (Fsp3) is 0.200. The Balaban J connectivity index is 1.70. The lowest BCUT2D eigenvalue weighted by Gasteiger charge is -2.09. The molecule has 3 aromatic rings. The maximum Gasteiger partial charge on any atom is 0.416 e. The number of nitrogens with zero attached hydrogens (tertiary/aromatic N) is 2. The zero-order chi connectivity index (χ0) is 18.7. The molecule has 26 heavy (non-hydrogen) atoms. The molecule has 3 rings (SSSR count). The topological polar surface area (TPSA) is 25.8 Å². The largest absolute Gasteiger partial charge is 0.416 e. The van der Waals surface area contributed by atoms with Crippen molar-refractivity contribution in [2.75, 3.05) is 0 Å². The van der Waals surface area contributed by atoms with Gasteiger partial charge < -0.3 is 0 Å². The predicted octanol–water partition coefficient (Wildman–Crippen LogP) is 6.07. The first-order chi connectivity index (χ1) is 12.3. The van der Waals surface area contributed by atoms with Gasteiger partial charge >= 0.3 is 6.18 Å². The van der Waals surface area contributed by atoms with Gasteiger partial charge in [0.15, 0.2) is 0 Å². The molecule has 0 atom stereocenters. The third kappa shape index (κ3) is 4.43. The third-order valence-corrected chi connectivity index (χ3v) is 4.93. The molecule has 2 aromatic carbocycles. The van der Waals surface area contributed by atoms with Gasteiger partial charge in [0.25, 0.3) is 0 Å². The minimum atomic E-state index is -4.33. The van der Waals surface area contributed by atoms with Gasteiger partial charge in [-0.2, -0.15) is 13.2 Å². The minimum absolute atomic E-state index is 0.404. The molecule has 0 fully saturated rings. The first-order valence-corrected chi connectivity index (χ1v) is 9.02. The Kier molecular flexibility index (Phi) is 5.32. The molecular formula is C20H17F3N2S. The van der Waals surface area contributed by atoms with Crippen molar-refractivity contribution >= 4 is 11.8 Å². The van der Waals surface area contributed by atoms with Crippen LogP contribution in [0.25, 0.3) is 11.3 Å². The van der Waals surface area contributed by atoms with Crippen molar-refractivity contribution < 1.29 is 13.2 Å². The van der Waals surface area contributed by atoms with E-state index in [4.69, 9.17) is 0 Å². The maximum absolute atomic E-state index is 12.8. The Bertz CT molecular complexity index is 906. The first-order valence-electron chi connectivity index (χ1n) is 8.03.